The van der Waals surface area contributed by atoms with Crippen LogP contribution in [0.2, 0.25) is 0 Å². The summed E-state index contributed by atoms with van der Waals surface area (Å²) in [6.07, 6.45) is 4.08. The number of aryl methyl sites for hydroxylation is 1. The highest BCUT2D eigenvalue weighted by molar-refractivity contribution is 7.15. The van der Waals surface area contributed by atoms with Crippen molar-refractivity contribution in [3.8, 4) is 11.5 Å². The molecule has 1 aromatic carbocycles. The summed E-state index contributed by atoms with van der Waals surface area (Å²) >= 11 is 1.47. The molecule has 11 heteroatoms. The van der Waals surface area contributed by atoms with Crippen molar-refractivity contribution < 1.29 is 18.9 Å². The summed E-state index contributed by atoms with van der Waals surface area (Å²) in [5.74, 6) is 2.03. The van der Waals surface area contributed by atoms with Gasteiger partial charge in [-0.25, -0.2) is 9.97 Å². The van der Waals surface area contributed by atoms with Crippen molar-refractivity contribution in [3.05, 3.63) is 23.5 Å². The number of benzene rings is 1. The third-order valence-corrected chi connectivity index (χ3v) is 6.73. The van der Waals surface area contributed by atoms with Crippen LogP contribution in [0.4, 0.5) is 10.9 Å². The van der Waals surface area contributed by atoms with Gasteiger partial charge in [0.1, 0.15) is 40.9 Å². The van der Waals surface area contributed by atoms with Crippen molar-refractivity contribution in [3.63, 3.8) is 0 Å². The number of rotatable bonds is 8. The Morgan fingerprint density at radius 1 is 1.18 bits per heavy atom. The first kappa shape index (κ1) is 23.2. The van der Waals surface area contributed by atoms with Crippen LogP contribution in [0.3, 0.4) is 0 Å². The number of aromatic nitrogens is 4. The first-order chi connectivity index (χ1) is 16.7. The number of anilines is 2. The van der Waals surface area contributed by atoms with Crippen LogP contribution in [0.25, 0.3) is 10.9 Å². The number of fused-ring (bicyclic) bond motifs is 1. The van der Waals surface area contributed by atoms with E-state index in [9.17, 15) is 0 Å². The van der Waals surface area contributed by atoms with E-state index >= 15 is 0 Å². The van der Waals surface area contributed by atoms with Gasteiger partial charge in [0.15, 0.2) is 0 Å². The lowest BCUT2D eigenvalue weighted by Gasteiger charge is -2.31. The van der Waals surface area contributed by atoms with E-state index in [0.29, 0.717) is 42.3 Å². The molecule has 0 aliphatic carbocycles. The van der Waals surface area contributed by atoms with Gasteiger partial charge >= 0.3 is 0 Å². The quantitative estimate of drug-likeness (QED) is 0.492. The summed E-state index contributed by atoms with van der Waals surface area (Å²) in [5.41, 5.74) is 0.737. The highest BCUT2D eigenvalue weighted by Gasteiger charge is 2.26. The average molecular weight is 487 g/mol. The molecule has 2 unspecified atom stereocenters. The SMILES string of the molecule is CCC(Oc1cc(OC2CCOCC2)c2c(Nc3nnc(C)s3)ncnc2c1)C1COCCN1. The molecule has 2 atom stereocenters. The molecule has 0 amide bonds. The predicted octanol–water partition coefficient (Wildman–Crippen LogP) is 3.24. The van der Waals surface area contributed by atoms with E-state index in [4.69, 9.17) is 18.9 Å². The van der Waals surface area contributed by atoms with Crippen LogP contribution in [0, 0.1) is 6.92 Å². The molecule has 34 heavy (non-hydrogen) atoms. The van der Waals surface area contributed by atoms with Crippen LogP contribution < -0.4 is 20.1 Å². The first-order valence-corrected chi connectivity index (χ1v) is 12.6. The summed E-state index contributed by atoms with van der Waals surface area (Å²) in [6.45, 7) is 7.61. The maximum atomic E-state index is 6.50. The van der Waals surface area contributed by atoms with Crippen LogP contribution in [-0.4, -0.2) is 71.4 Å². The Balaban J connectivity index is 1.49. The van der Waals surface area contributed by atoms with Crippen LogP contribution in [-0.2, 0) is 9.47 Å². The van der Waals surface area contributed by atoms with Crippen LogP contribution in [0.1, 0.15) is 31.2 Å². The second-order valence-corrected chi connectivity index (χ2v) is 9.60. The molecule has 3 aromatic rings. The zero-order chi connectivity index (χ0) is 23.3. The number of nitrogens with one attached hydrogen (secondary N) is 2. The second kappa shape index (κ2) is 10.8. The number of morpholine rings is 1. The molecule has 2 aromatic heterocycles. The topological polar surface area (TPSA) is 113 Å². The number of ether oxygens (including phenoxy) is 4. The van der Waals surface area contributed by atoms with Crippen molar-refractivity contribution in [2.24, 2.45) is 0 Å². The minimum Gasteiger partial charge on any atom is -0.489 e. The molecule has 182 valence electrons. The molecular formula is C23H30N6O4S. The monoisotopic (exact) mass is 486 g/mol. The minimum absolute atomic E-state index is 0.0301. The molecule has 2 saturated heterocycles. The average Bonchev–Trinajstić information content (AvgIpc) is 3.28. The van der Waals surface area contributed by atoms with E-state index < -0.39 is 0 Å². The highest BCUT2D eigenvalue weighted by atomic mass is 32.1. The van der Waals surface area contributed by atoms with Crippen LogP contribution in [0.15, 0.2) is 18.5 Å². The van der Waals surface area contributed by atoms with E-state index in [1.54, 1.807) is 0 Å². The minimum atomic E-state index is -0.0301. The molecule has 5 rings (SSSR count). The molecule has 10 nitrogen and oxygen atoms in total. The van der Waals surface area contributed by atoms with Gasteiger partial charge in [0.25, 0.3) is 0 Å². The van der Waals surface area contributed by atoms with Gasteiger partial charge in [-0.05, 0) is 13.3 Å². The predicted molar refractivity (Wildman–Crippen MR) is 129 cm³/mol. The van der Waals surface area contributed by atoms with E-state index in [-0.39, 0.29) is 18.2 Å². The molecule has 2 fully saturated rings. The van der Waals surface area contributed by atoms with Crippen molar-refractivity contribution in [1.82, 2.24) is 25.5 Å². The molecule has 0 spiro atoms. The number of hydrogen-bond donors (Lipinski definition) is 2. The third kappa shape index (κ3) is 5.38. The smallest absolute Gasteiger partial charge is 0.211 e. The van der Waals surface area contributed by atoms with Gasteiger partial charge in [-0.3, -0.25) is 0 Å². The Morgan fingerprint density at radius 2 is 2.06 bits per heavy atom. The van der Waals surface area contributed by atoms with Crippen molar-refractivity contribution in [2.45, 2.75) is 51.4 Å². The molecule has 2 aliphatic rings. The highest BCUT2D eigenvalue weighted by Crippen LogP contribution is 2.37. The van der Waals surface area contributed by atoms with Crippen molar-refractivity contribution >= 4 is 33.2 Å². The van der Waals surface area contributed by atoms with Crippen molar-refractivity contribution in [1.29, 1.82) is 0 Å². The molecular weight excluding hydrogens is 456 g/mol. The zero-order valence-electron chi connectivity index (χ0n) is 19.5. The Kier molecular flexibility index (Phi) is 7.33. The zero-order valence-corrected chi connectivity index (χ0v) is 20.3. The van der Waals surface area contributed by atoms with Crippen LogP contribution in [0.5, 0.6) is 11.5 Å². The normalized spacial score (nSPS) is 20.2. The van der Waals surface area contributed by atoms with Gasteiger partial charge in [0.05, 0.1) is 43.4 Å². The van der Waals surface area contributed by atoms with Gasteiger partial charge in [0.2, 0.25) is 5.13 Å². The summed E-state index contributed by atoms with van der Waals surface area (Å²) in [6, 6.07) is 4.03. The lowest BCUT2D eigenvalue weighted by atomic mass is 10.1. The summed E-state index contributed by atoms with van der Waals surface area (Å²) in [7, 11) is 0. The molecule has 2 aliphatic heterocycles. The van der Waals surface area contributed by atoms with Gasteiger partial charge in [-0.1, -0.05) is 18.3 Å². The van der Waals surface area contributed by atoms with E-state index in [2.05, 4.69) is 37.7 Å². The van der Waals surface area contributed by atoms with Gasteiger partial charge in [-0.2, -0.15) is 0 Å². The molecule has 0 bridgehead atoms. The largest absolute Gasteiger partial charge is 0.489 e. The maximum absolute atomic E-state index is 6.50. The summed E-state index contributed by atoms with van der Waals surface area (Å²) in [4.78, 5) is 9.03. The fourth-order valence-corrected chi connectivity index (χ4v) is 4.85. The van der Waals surface area contributed by atoms with Gasteiger partial charge in [-0.15, -0.1) is 10.2 Å². The Hall–Kier alpha value is -2.60. The summed E-state index contributed by atoms with van der Waals surface area (Å²) in [5, 5.41) is 17.4. The lowest BCUT2D eigenvalue weighted by molar-refractivity contribution is 0.0240. The number of hydrogen-bond acceptors (Lipinski definition) is 11. The Morgan fingerprint density at radius 3 is 2.79 bits per heavy atom. The van der Waals surface area contributed by atoms with Crippen molar-refractivity contribution in [2.75, 3.05) is 38.3 Å². The van der Waals surface area contributed by atoms with E-state index in [1.807, 2.05) is 19.1 Å². The maximum Gasteiger partial charge on any atom is 0.211 e. The van der Waals surface area contributed by atoms with E-state index in [0.717, 1.165) is 48.3 Å². The molecule has 2 N–H and O–H groups in total. The number of nitrogens with zero attached hydrogens (tertiary/aromatic N) is 4. The summed E-state index contributed by atoms with van der Waals surface area (Å²) < 4.78 is 24.1. The third-order valence-electron chi connectivity index (χ3n) is 5.98. The Bertz CT molecular complexity index is 1100. The Labute approximate surface area is 202 Å². The van der Waals surface area contributed by atoms with Crippen LogP contribution >= 0.6 is 11.3 Å². The lowest BCUT2D eigenvalue weighted by Crippen LogP contribution is -2.50. The van der Waals surface area contributed by atoms with E-state index in [1.165, 1.54) is 17.7 Å². The fourth-order valence-electron chi connectivity index (χ4n) is 4.26. The first-order valence-electron chi connectivity index (χ1n) is 11.8. The molecule has 0 saturated carbocycles. The molecule has 4 heterocycles. The molecule has 0 radical (unpaired) electrons. The standard InChI is InChI=1S/C23H30N6O4S/c1-3-19(18-12-31-9-6-24-18)33-16-10-17-21(20(11-16)32-15-4-7-30-8-5-15)22(26-13-25-17)27-23-29-28-14(2)34-23/h10-11,13,15,18-19,24H,3-9,12H2,1-2H3,(H,25,26,27,29). The van der Waals surface area contributed by atoms with Gasteiger partial charge in [0, 0.05) is 31.5 Å². The second-order valence-electron chi connectivity index (χ2n) is 8.42. The fraction of sp³-hybridized carbons (Fsp3) is 0.565. The van der Waals surface area contributed by atoms with Gasteiger partial charge < -0.3 is 29.6 Å².